The van der Waals surface area contributed by atoms with Gasteiger partial charge in [-0.15, -0.1) is 11.3 Å². The van der Waals surface area contributed by atoms with Crippen LogP contribution in [0.1, 0.15) is 59.0 Å². The Balaban J connectivity index is 1.43. The summed E-state index contributed by atoms with van der Waals surface area (Å²) in [4.78, 5) is 14.4. The van der Waals surface area contributed by atoms with Crippen molar-refractivity contribution in [2.24, 2.45) is 0 Å². The number of nitrogens with one attached hydrogen (secondary N) is 1. The Morgan fingerprint density at radius 2 is 1.90 bits per heavy atom. The first kappa shape index (κ1) is 20.8. The molecule has 1 amide bonds. The Bertz CT molecular complexity index is 1000. The van der Waals surface area contributed by atoms with Gasteiger partial charge in [0.1, 0.15) is 0 Å². The molecule has 4 rings (SSSR count). The number of amides is 1. The summed E-state index contributed by atoms with van der Waals surface area (Å²) < 4.78 is 5.58. The predicted octanol–water partition coefficient (Wildman–Crippen LogP) is 6.04. The molecule has 4 heteroatoms. The molecule has 0 saturated carbocycles. The van der Waals surface area contributed by atoms with Crippen LogP contribution >= 0.6 is 11.3 Å². The second-order valence-electron chi connectivity index (χ2n) is 8.29. The van der Waals surface area contributed by atoms with E-state index in [2.05, 4.69) is 67.7 Å². The second-order valence-corrected chi connectivity index (χ2v) is 9.37. The third-order valence-electron chi connectivity index (χ3n) is 5.58. The molecule has 0 radical (unpaired) electrons. The summed E-state index contributed by atoms with van der Waals surface area (Å²) in [5.74, 6) is 0.524. The fourth-order valence-corrected chi connectivity index (χ4v) is 4.77. The van der Waals surface area contributed by atoms with Crippen LogP contribution in [-0.4, -0.2) is 25.2 Å². The van der Waals surface area contributed by atoms with Gasteiger partial charge in [0, 0.05) is 18.0 Å². The Morgan fingerprint density at radius 3 is 2.67 bits per heavy atom. The number of carbonyl (C=O) groups is 1. The van der Waals surface area contributed by atoms with E-state index in [-0.39, 0.29) is 12.0 Å². The lowest BCUT2D eigenvalue weighted by molar-refractivity contribution is 0.0861. The molecule has 0 spiro atoms. The number of rotatable bonds is 7. The van der Waals surface area contributed by atoms with Crippen molar-refractivity contribution in [3.05, 3.63) is 82.2 Å². The molecule has 3 nitrogen and oxygen atoms in total. The summed E-state index contributed by atoms with van der Waals surface area (Å²) in [5.41, 5.74) is 5.15. The SMILES string of the molecule is CC(C)c1cccc(Cc2cccc(-c3ccc(C(=O)NCC4CCCO4)s3)c2)c1. The molecule has 30 heavy (non-hydrogen) atoms. The maximum absolute atomic E-state index is 12.5. The number of thiophene rings is 1. The van der Waals surface area contributed by atoms with Crippen molar-refractivity contribution in [3.63, 3.8) is 0 Å². The highest BCUT2D eigenvalue weighted by Crippen LogP contribution is 2.29. The van der Waals surface area contributed by atoms with E-state index in [4.69, 9.17) is 4.74 Å². The molecule has 2 heterocycles. The van der Waals surface area contributed by atoms with Gasteiger partial charge in [-0.3, -0.25) is 4.79 Å². The number of ether oxygens (including phenoxy) is 1. The van der Waals surface area contributed by atoms with E-state index < -0.39 is 0 Å². The molecule has 2 aromatic carbocycles. The van der Waals surface area contributed by atoms with Gasteiger partial charge in [0.15, 0.2) is 0 Å². The number of benzene rings is 2. The van der Waals surface area contributed by atoms with E-state index in [0.717, 1.165) is 41.2 Å². The monoisotopic (exact) mass is 419 g/mol. The molecule has 1 aliphatic heterocycles. The van der Waals surface area contributed by atoms with Crippen LogP contribution in [0.15, 0.2) is 60.7 Å². The van der Waals surface area contributed by atoms with E-state index in [0.29, 0.717) is 12.5 Å². The van der Waals surface area contributed by atoms with Crippen molar-refractivity contribution < 1.29 is 9.53 Å². The maximum atomic E-state index is 12.5. The van der Waals surface area contributed by atoms with Crippen molar-refractivity contribution >= 4 is 17.2 Å². The molecule has 1 atom stereocenters. The minimum absolute atomic E-state index is 0.0107. The predicted molar refractivity (Wildman–Crippen MR) is 124 cm³/mol. The molecular weight excluding hydrogens is 390 g/mol. The zero-order chi connectivity index (χ0) is 20.9. The van der Waals surface area contributed by atoms with Crippen LogP contribution in [0.2, 0.25) is 0 Å². The lowest BCUT2D eigenvalue weighted by atomic mass is 9.97. The van der Waals surface area contributed by atoms with Gasteiger partial charge >= 0.3 is 0 Å². The lowest BCUT2D eigenvalue weighted by Crippen LogP contribution is -2.31. The van der Waals surface area contributed by atoms with Crippen LogP contribution in [0.4, 0.5) is 0 Å². The van der Waals surface area contributed by atoms with Crippen LogP contribution < -0.4 is 5.32 Å². The first-order valence-corrected chi connectivity index (χ1v) is 11.6. The van der Waals surface area contributed by atoms with Gasteiger partial charge < -0.3 is 10.1 Å². The largest absolute Gasteiger partial charge is 0.376 e. The van der Waals surface area contributed by atoms with E-state index in [1.165, 1.54) is 16.7 Å². The molecule has 1 aliphatic rings. The Labute approximate surface area is 183 Å². The summed E-state index contributed by atoms with van der Waals surface area (Å²) >= 11 is 1.55. The molecule has 1 fully saturated rings. The van der Waals surface area contributed by atoms with E-state index in [1.54, 1.807) is 11.3 Å². The topological polar surface area (TPSA) is 38.3 Å². The van der Waals surface area contributed by atoms with Gasteiger partial charge in [-0.2, -0.15) is 0 Å². The zero-order valence-electron chi connectivity index (χ0n) is 17.7. The second kappa shape index (κ2) is 9.59. The van der Waals surface area contributed by atoms with Crippen molar-refractivity contribution in [3.8, 4) is 10.4 Å². The van der Waals surface area contributed by atoms with Gasteiger partial charge in [0.2, 0.25) is 0 Å². The molecule has 156 valence electrons. The summed E-state index contributed by atoms with van der Waals surface area (Å²) in [6.07, 6.45) is 3.19. The van der Waals surface area contributed by atoms with E-state index in [9.17, 15) is 4.79 Å². The third-order valence-corrected chi connectivity index (χ3v) is 6.71. The van der Waals surface area contributed by atoms with Gasteiger partial charge in [0.05, 0.1) is 11.0 Å². The Morgan fingerprint density at radius 1 is 1.10 bits per heavy atom. The quantitative estimate of drug-likeness (QED) is 0.507. The summed E-state index contributed by atoms with van der Waals surface area (Å²) in [6, 6.07) is 21.4. The first-order chi connectivity index (χ1) is 14.6. The first-order valence-electron chi connectivity index (χ1n) is 10.8. The Kier molecular flexibility index (Phi) is 6.66. The molecule has 0 bridgehead atoms. The van der Waals surface area contributed by atoms with Gasteiger partial charge in [-0.05, 0) is 59.6 Å². The summed E-state index contributed by atoms with van der Waals surface area (Å²) in [7, 11) is 0. The molecule has 1 N–H and O–H groups in total. The highest BCUT2D eigenvalue weighted by Gasteiger charge is 2.17. The minimum Gasteiger partial charge on any atom is -0.376 e. The number of carbonyl (C=O) groups excluding carboxylic acids is 1. The van der Waals surface area contributed by atoms with Crippen LogP contribution in [0.5, 0.6) is 0 Å². The summed E-state index contributed by atoms with van der Waals surface area (Å²) in [5, 5.41) is 3.01. The molecule has 1 aromatic heterocycles. The molecule has 1 unspecified atom stereocenters. The highest BCUT2D eigenvalue weighted by molar-refractivity contribution is 7.17. The highest BCUT2D eigenvalue weighted by atomic mass is 32.1. The molecular formula is C26H29NO2S. The number of hydrogen-bond donors (Lipinski definition) is 1. The summed E-state index contributed by atoms with van der Waals surface area (Å²) in [6.45, 7) is 5.86. The number of hydrogen-bond acceptors (Lipinski definition) is 3. The Hall–Kier alpha value is -2.43. The van der Waals surface area contributed by atoms with Gasteiger partial charge in [-0.25, -0.2) is 0 Å². The molecule has 3 aromatic rings. The lowest BCUT2D eigenvalue weighted by Gasteiger charge is -2.10. The van der Waals surface area contributed by atoms with Crippen molar-refractivity contribution in [2.45, 2.75) is 45.1 Å². The smallest absolute Gasteiger partial charge is 0.261 e. The molecule has 1 saturated heterocycles. The fraction of sp³-hybridized carbons (Fsp3) is 0.346. The average Bonchev–Trinajstić information content (AvgIpc) is 3.45. The van der Waals surface area contributed by atoms with E-state index >= 15 is 0 Å². The molecule has 0 aliphatic carbocycles. The maximum Gasteiger partial charge on any atom is 0.261 e. The third kappa shape index (κ3) is 5.18. The van der Waals surface area contributed by atoms with E-state index in [1.807, 2.05) is 12.1 Å². The van der Waals surface area contributed by atoms with Gasteiger partial charge in [-0.1, -0.05) is 62.4 Å². The van der Waals surface area contributed by atoms with Gasteiger partial charge in [0.25, 0.3) is 5.91 Å². The average molecular weight is 420 g/mol. The fourth-order valence-electron chi connectivity index (χ4n) is 3.85. The van der Waals surface area contributed by atoms with Crippen molar-refractivity contribution in [1.82, 2.24) is 5.32 Å². The van der Waals surface area contributed by atoms with Crippen molar-refractivity contribution in [2.75, 3.05) is 13.2 Å². The zero-order valence-corrected chi connectivity index (χ0v) is 18.5. The minimum atomic E-state index is -0.0107. The normalized spacial score (nSPS) is 16.2. The van der Waals surface area contributed by atoms with Crippen LogP contribution in [0.25, 0.3) is 10.4 Å². The standard InChI is InChI=1S/C26H29NO2S/c1-18(2)21-8-3-6-19(15-21)14-20-7-4-9-22(16-20)24-11-12-25(30-24)26(28)27-17-23-10-5-13-29-23/h3-4,6-9,11-12,15-16,18,23H,5,10,13-14,17H2,1-2H3,(H,27,28). The van der Waals surface area contributed by atoms with Crippen molar-refractivity contribution in [1.29, 1.82) is 0 Å². The van der Waals surface area contributed by atoms with Crippen LogP contribution in [-0.2, 0) is 11.2 Å². The van der Waals surface area contributed by atoms with Crippen LogP contribution in [0.3, 0.4) is 0 Å². The van der Waals surface area contributed by atoms with Crippen LogP contribution in [0, 0.1) is 0 Å².